The van der Waals surface area contributed by atoms with Gasteiger partial charge in [0, 0.05) is 23.9 Å². The van der Waals surface area contributed by atoms with Crippen LogP contribution in [0.1, 0.15) is 42.1 Å². The van der Waals surface area contributed by atoms with Gasteiger partial charge in [-0.05, 0) is 25.7 Å². The Morgan fingerprint density at radius 3 is 2.73 bits per heavy atom. The van der Waals surface area contributed by atoms with Crippen molar-refractivity contribution in [2.24, 2.45) is 0 Å². The number of carbonyl (C=O) groups excluding carboxylic acids is 1. The maximum Gasteiger partial charge on any atom is 0.401 e. The average Bonchev–Trinajstić information content (AvgIpc) is 3.16. The van der Waals surface area contributed by atoms with E-state index < -0.39 is 11.6 Å². The zero-order chi connectivity index (χ0) is 21.1. The van der Waals surface area contributed by atoms with E-state index in [1.807, 2.05) is 0 Å². The number of fused-ring (bicyclic) bond motifs is 1. The van der Waals surface area contributed by atoms with Crippen LogP contribution in [-0.2, 0) is 18.4 Å². The van der Waals surface area contributed by atoms with Gasteiger partial charge >= 0.3 is 18.2 Å². The minimum Gasteiger partial charge on any atom is -0.393 e. The highest BCUT2D eigenvalue weighted by Crippen LogP contribution is 2.58. The molecule has 0 aromatic carbocycles. The quantitative estimate of drug-likeness (QED) is 0.663. The van der Waals surface area contributed by atoms with E-state index in [-0.39, 0.29) is 42.9 Å². The molecule has 2 fully saturated rings. The van der Waals surface area contributed by atoms with Crippen molar-refractivity contribution < 1.29 is 27.6 Å². The number of amides is 2. The number of alkyl halides is 3. The number of nitrogens with zero attached hydrogens (tertiary/aromatic N) is 4. The standard InChI is InChI=1S/C17H19F3N6O3S/c18-17(19,20)16(2-3-16)12-23-15(29-25-12)26-4-1-10-11(7-26)30-14(22-10)24-13(28)21-8-5-9(27)6-8/h8-9,27H,1-7H2,(H2,21,22,24,28). The van der Waals surface area contributed by atoms with E-state index in [9.17, 15) is 23.1 Å². The number of anilines is 2. The summed E-state index contributed by atoms with van der Waals surface area (Å²) in [5.74, 6) is -0.305. The van der Waals surface area contributed by atoms with Crippen molar-refractivity contribution >= 4 is 28.5 Å². The Kier molecular flexibility index (Phi) is 4.43. The van der Waals surface area contributed by atoms with Crippen LogP contribution in [0, 0.1) is 0 Å². The van der Waals surface area contributed by atoms with Crippen molar-refractivity contribution in [3.8, 4) is 0 Å². The number of carbonyl (C=O) groups is 1. The first kappa shape index (κ1) is 19.5. The van der Waals surface area contributed by atoms with E-state index in [0.29, 0.717) is 37.5 Å². The summed E-state index contributed by atoms with van der Waals surface area (Å²) in [4.78, 5) is 23.1. The summed E-state index contributed by atoms with van der Waals surface area (Å²) < 4.78 is 44.9. The number of aromatic nitrogens is 3. The smallest absolute Gasteiger partial charge is 0.393 e. The Balaban J connectivity index is 1.23. The largest absolute Gasteiger partial charge is 0.401 e. The molecule has 2 amide bonds. The van der Waals surface area contributed by atoms with Gasteiger partial charge < -0.3 is 19.8 Å². The fourth-order valence-electron chi connectivity index (χ4n) is 3.73. The van der Waals surface area contributed by atoms with E-state index in [1.54, 1.807) is 4.90 Å². The molecule has 2 aromatic rings. The third-order valence-electron chi connectivity index (χ3n) is 5.81. The number of aliphatic hydroxyl groups is 1. The van der Waals surface area contributed by atoms with Crippen LogP contribution >= 0.6 is 11.3 Å². The first-order valence-corrected chi connectivity index (χ1v) is 10.5. The van der Waals surface area contributed by atoms with Crippen LogP contribution < -0.4 is 15.5 Å². The SMILES string of the molecule is O=C(Nc1nc2c(s1)CN(c1nc(C3(C(F)(F)F)CC3)no1)CC2)NC1CC(O)C1. The molecule has 162 valence electrons. The molecule has 9 nitrogen and oxygen atoms in total. The summed E-state index contributed by atoms with van der Waals surface area (Å²) in [6, 6.07) is -0.350. The molecule has 3 aliphatic rings. The van der Waals surface area contributed by atoms with Crippen molar-refractivity contribution in [2.75, 3.05) is 16.8 Å². The van der Waals surface area contributed by atoms with Crippen LogP contribution in [0.2, 0.25) is 0 Å². The molecule has 2 aliphatic carbocycles. The molecule has 2 saturated carbocycles. The van der Waals surface area contributed by atoms with Crippen LogP contribution in [0.4, 0.5) is 29.1 Å². The van der Waals surface area contributed by atoms with Gasteiger partial charge in [-0.2, -0.15) is 18.2 Å². The second-order valence-corrected chi connectivity index (χ2v) is 9.05. The number of aliphatic hydroxyl groups excluding tert-OH is 1. The van der Waals surface area contributed by atoms with Gasteiger partial charge in [-0.25, -0.2) is 9.78 Å². The molecule has 5 rings (SSSR count). The normalized spacial score (nSPS) is 24.7. The van der Waals surface area contributed by atoms with Gasteiger partial charge in [-0.3, -0.25) is 5.32 Å². The first-order chi connectivity index (χ1) is 14.2. The molecule has 0 radical (unpaired) electrons. The Morgan fingerprint density at radius 2 is 2.07 bits per heavy atom. The number of hydrogen-bond acceptors (Lipinski definition) is 8. The van der Waals surface area contributed by atoms with Crippen molar-refractivity contribution in [2.45, 2.75) is 62.4 Å². The molecule has 2 aromatic heterocycles. The average molecular weight is 444 g/mol. The molecule has 0 saturated heterocycles. The lowest BCUT2D eigenvalue weighted by Gasteiger charge is -2.31. The highest BCUT2D eigenvalue weighted by atomic mass is 32.1. The summed E-state index contributed by atoms with van der Waals surface area (Å²) in [6.07, 6.45) is -3.16. The monoisotopic (exact) mass is 444 g/mol. The predicted molar refractivity (Wildman–Crippen MR) is 99.3 cm³/mol. The molecular formula is C17H19F3N6O3S. The van der Waals surface area contributed by atoms with Gasteiger partial charge in [0.25, 0.3) is 0 Å². The van der Waals surface area contributed by atoms with Crippen LogP contribution in [-0.4, -0.2) is 51.1 Å². The molecule has 13 heteroatoms. The van der Waals surface area contributed by atoms with E-state index >= 15 is 0 Å². The number of halogens is 3. The van der Waals surface area contributed by atoms with Gasteiger partial charge in [0.05, 0.1) is 18.3 Å². The van der Waals surface area contributed by atoms with Crippen LogP contribution in [0.5, 0.6) is 0 Å². The molecule has 0 atom stereocenters. The molecule has 0 unspecified atom stereocenters. The third kappa shape index (κ3) is 3.39. The topological polar surface area (TPSA) is 116 Å². The maximum atomic E-state index is 13.3. The summed E-state index contributed by atoms with van der Waals surface area (Å²) in [5.41, 5.74) is -1.14. The summed E-state index contributed by atoms with van der Waals surface area (Å²) in [5, 5.41) is 18.8. The number of hydrogen-bond donors (Lipinski definition) is 3. The second-order valence-electron chi connectivity index (χ2n) is 7.96. The lowest BCUT2D eigenvalue weighted by Crippen LogP contribution is -2.48. The van der Waals surface area contributed by atoms with E-state index in [2.05, 4.69) is 25.8 Å². The first-order valence-electron chi connectivity index (χ1n) is 9.63. The predicted octanol–water partition coefficient (Wildman–Crippen LogP) is 2.33. The lowest BCUT2D eigenvalue weighted by molar-refractivity contribution is -0.162. The summed E-state index contributed by atoms with van der Waals surface area (Å²) >= 11 is 1.30. The fourth-order valence-corrected chi connectivity index (χ4v) is 4.75. The zero-order valence-electron chi connectivity index (χ0n) is 15.7. The van der Waals surface area contributed by atoms with Crippen molar-refractivity contribution in [1.29, 1.82) is 0 Å². The Labute approximate surface area is 172 Å². The lowest BCUT2D eigenvalue weighted by atomic mass is 9.90. The molecule has 3 N–H and O–H groups in total. The number of nitrogens with one attached hydrogen (secondary N) is 2. The van der Waals surface area contributed by atoms with Gasteiger partial charge in [-0.1, -0.05) is 16.5 Å². The van der Waals surface area contributed by atoms with Crippen molar-refractivity contribution in [3.05, 3.63) is 16.4 Å². The van der Waals surface area contributed by atoms with Gasteiger partial charge in [0.1, 0.15) is 5.41 Å². The molecule has 3 heterocycles. The Bertz CT molecular complexity index is 966. The van der Waals surface area contributed by atoms with Gasteiger partial charge in [0.15, 0.2) is 11.0 Å². The van der Waals surface area contributed by atoms with Crippen molar-refractivity contribution in [3.63, 3.8) is 0 Å². The van der Waals surface area contributed by atoms with Gasteiger partial charge in [0.2, 0.25) is 0 Å². The summed E-state index contributed by atoms with van der Waals surface area (Å²) in [7, 11) is 0. The van der Waals surface area contributed by atoms with E-state index in [0.717, 1.165) is 10.6 Å². The van der Waals surface area contributed by atoms with E-state index in [1.165, 1.54) is 11.3 Å². The van der Waals surface area contributed by atoms with Crippen LogP contribution in [0.3, 0.4) is 0 Å². The maximum absolute atomic E-state index is 13.3. The molecule has 1 aliphatic heterocycles. The number of rotatable bonds is 4. The minimum atomic E-state index is -4.39. The minimum absolute atomic E-state index is 0.0224. The highest BCUT2D eigenvalue weighted by molar-refractivity contribution is 7.15. The van der Waals surface area contributed by atoms with Crippen LogP contribution in [0.25, 0.3) is 0 Å². The fraction of sp³-hybridized carbons (Fsp3) is 0.647. The Hall–Kier alpha value is -2.41. The summed E-state index contributed by atoms with van der Waals surface area (Å²) in [6.45, 7) is 0.842. The Morgan fingerprint density at radius 1 is 1.30 bits per heavy atom. The zero-order valence-corrected chi connectivity index (χ0v) is 16.5. The third-order valence-corrected chi connectivity index (χ3v) is 6.80. The molecule has 0 spiro atoms. The van der Waals surface area contributed by atoms with E-state index in [4.69, 9.17) is 4.52 Å². The van der Waals surface area contributed by atoms with Crippen LogP contribution in [0.15, 0.2) is 4.52 Å². The highest BCUT2D eigenvalue weighted by Gasteiger charge is 2.67. The number of urea groups is 1. The molecule has 30 heavy (non-hydrogen) atoms. The van der Waals surface area contributed by atoms with Gasteiger partial charge in [-0.15, -0.1) is 0 Å². The molecular weight excluding hydrogens is 425 g/mol. The van der Waals surface area contributed by atoms with Crippen molar-refractivity contribution in [1.82, 2.24) is 20.4 Å². The number of thiazole rings is 1. The second kappa shape index (κ2) is 6.80. The molecule has 0 bridgehead atoms.